The van der Waals surface area contributed by atoms with Crippen LogP contribution in [0.1, 0.15) is 29.3 Å². The summed E-state index contributed by atoms with van der Waals surface area (Å²) in [5.41, 5.74) is 0.895. The summed E-state index contributed by atoms with van der Waals surface area (Å²) >= 11 is 6.27. The zero-order valence-electron chi connectivity index (χ0n) is 16.9. The zero-order valence-corrected chi connectivity index (χ0v) is 18.5. The van der Waals surface area contributed by atoms with Gasteiger partial charge in [-0.1, -0.05) is 36.7 Å². The van der Waals surface area contributed by atoms with E-state index in [9.17, 15) is 13.4 Å². The predicted molar refractivity (Wildman–Crippen MR) is 123 cm³/mol. The first-order chi connectivity index (χ1) is 15.4. The number of halogens is 3. The second kappa shape index (κ2) is 9.18. The Balaban J connectivity index is 1.78. The fourth-order valence-corrected chi connectivity index (χ4v) is 4.49. The van der Waals surface area contributed by atoms with Crippen LogP contribution in [0.15, 0.2) is 54.9 Å². The lowest BCUT2D eigenvalue weighted by atomic mass is 10.00. The molecule has 9 heteroatoms. The molecule has 4 aromatic rings. The van der Waals surface area contributed by atoms with Gasteiger partial charge in [-0.2, -0.15) is 0 Å². The van der Waals surface area contributed by atoms with Crippen molar-refractivity contribution >= 4 is 45.1 Å². The fraction of sp³-hybridized carbons (Fsp3) is 0.130. The van der Waals surface area contributed by atoms with Gasteiger partial charge in [-0.05, 0) is 30.7 Å². The van der Waals surface area contributed by atoms with E-state index in [2.05, 4.69) is 14.7 Å². The maximum absolute atomic E-state index is 15.1. The van der Waals surface area contributed by atoms with Crippen LogP contribution >= 0.6 is 11.6 Å². The average molecular weight is 474 g/mol. The van der Waals surface area contributed by atoms with Crippen LogP contribution in [0.4, 0.5) is 14.5 Å². The van der Waals surface area contributed by atoms with Gasteiger partial charge in [0.25, 0.3) is 0 Å². The minimum atomic E-state index is -1.55. The van der Waals surface area contributed by atoms with Crippen molar-refractivity contribution in [2.24, 2.45) is 0 Å². The van der Waals surface area contributed by atoms with E-state index in [1.165, 1.54) is 6.20 Å². The highest BCUT2D eigenvalue weighted by Crippen LogP contribution is 2.32. The third-order valence-corrected chi connectivity index (χ3v) is 6.45. The Morgan fingerprint density at radius 1 is 1.22 bits per heavy atom. The Bertz CT molecular complexity index is 1360. The molecule has 0 aliphatic heterocycles. The molecule has 0 saturated heterocycles. The first-order valence-electron chi connectivity index (χ1n) is 9.80. The second-order valence-electron chi connectivity index (χ2n) is 7.07. The lowest BCUT2D eigenvalue weighted by molar-refractivity contribution is 0.103. The molecular formula is C23H18ClF2N3O2S. The number of aromatic nitrogens is 2. The molecule has 2 aromatic carbocycles. The maximum Gasteiger partial charge on any atom is 0.201 e. The smallest absolute Gasteiger partial charge is 0.201 e. The summed E-state index contributed by atoms with van der Waals surface area (Å²) in [6.45, 7) is 1.83. The van der Waals surface area contributed by atoms with Crippen LogP contribution in [-0.4, -0.2) is 25.7 Å². The largest absolute Gasteiger partial charge is 0.345 e. The first kappa shape index (κ1) is 22.1. The molecule has 0 fully saturated rings. The number of ketones is 1. The van der Waals surface area contributed by atoms with Gasteiger partial charge in [0, 0.05) is 45.2 Å². The van der Waals surface area contributed by atoms with Crippen LogP contribution in [0, 0.1) is 11.6 Å². The van der Waals surface area contributed by atoms with Crippen LogP contribution in [0.25, 0.3) is 22.2 Å². The Labute approximate surface area is 190 Å². The Morgan fingerprint density at radius 3 is 2.75 bits per heavy atom. The van der Waals surface area contributed by atoms with Crippen LogP contribution in [0.3, 0.4) is 0 Å². The number of aromatic amines is 1. The molecule has 0 aliphatic carbocycles. The van der Waals surface area contributed by atoms with Crippen LogP contribution in [-0.2, 0) is 11.0 Å². The summed E-state index contributed by atoms with van der Waals surface area (Å²) in [6.07, 6.45) is 3.58. The van der Waals surface area contributed by atoms with E-state index in [1.54, 1.807) is 24.4 Å². The SMILES string of the molecule is CCCS(=O)Nc1ccc(F)c(C(=O)c2c[nH]c3ncc(-c4ccccc4Cl)cc23)c1F. The van der Waals surface area contributed by atoms with Crippen molar-refractivity contribution in [2.75, 3.05) is 10.5 Å². The summed E-state index contributed by atoms with van der Waals surface area (Å²) < 4.78 is 44.1. The molecule has 0 spiro atoms. The molecule has 32 heavy (non-hydrogen) atoms. The monoisotopic (exact) mass is 473 g/mol. The molecule has 0 saturated carbocycles. The number of pyridine rings is 1. The van der Waals surface area contributed by atoms with Gasteiger partial charge < -0.3 is 9.71 Å². The molecule has 0 amide bonds. The van der Waals surface area contributed by atoms with E-state index < -0.39 is 34.0 Å². The predicted octanol–water partition coefficient (Wildman–Crippen LogP) is 5.88. The topological polar surface area (TPSA) is 74.8 Å². The van der Waals surface area contributed by atoms with Gasteiger partial charge in [-0.3, -0.25) is 4.79 Å². The minimum absolute atomic E-state index is 0.0611. The normalized spacial score (nSPS) is 12.1. The number of carbonyl (C=O) groups is 1. The van der Waals surface area contributed by atoms with E-state index in [-0.39, 0.29) is 11.3 Å². The molecule has 2 aromatic heterocycles. The Hall–Kier alpha value is -3.10. The summed E-state index contributed by atoms with van der Waals surface area (Å²) in [5, 5.41) is 0.909. The second-order valence-corrected chi connectivity index (χ2v) is 8.78. The number of benzene rings is 2. The van der Waals surface area contributed by atoms with Crippen LogP contribution in [0.2, 0.25) is 5.02 Å². The van der Waals surface area contributed by atoms with Gasteiger partial charge in [0.2, 0.25) is 5.78 Å². The molecule has 5 nitrogen and oxygen atoms in total. The summed E-state index contributed by atoms with van der Waals surface area (Å²) in [7, 11) is -1.55. The van der Waals surface area contributed by atoms with E-state index in [0.717, 1.165) is 12.1 Å². The first-order valence-corrected chi connectivity index (χ1v) is 11.5. The third kappa shape index (κ3) is 4.16. The minimum Gasteiger partial charge on any atom is -0.345 e. The van der Waals surface area contributed by atoms with Crippen molar-refractivity contribution in [3.05, 3.63) is 82.6 Å². The Kier molecular flexibility index (Phi) is 6.34. The highest BCUT2D eigenvalue weighted by atomic mass is 35.5. The number of rotatable bonds is 7. The zero-order chi connectivity index (χ0) is 22.8. The summed E-state index contributed by atoms with van der Waals surface area (Å²) in [4.78, 5) is 20.4. The van der Waals surface area contributed by atoms with Crippen LogP contribution in [0.5, 0.6) is 0 Å². The standard InChI is InChI=1S/C23H18ClF2N3O2S/c1-2-9-32(31)29-19-8-7-18(25)20(21(19)26)22(30)16-12-28-23-15(16)10-13(11-27-23)14-5-3-4-6-17(14)24/h3-8,10-12,29H,2,9H2,1H3,(H,27,28). The van der Waals surface area contributed by atoms with Gasteiger partial charge in [0.05, 0.1) is 11.3 Å². The molecule has 1 atom stereocenters. The Morgan fingerprint density at radius 2 is 2.00 bits per heavy atom. The quantitative estimate of drug-likeness (QED) is 0.329. The van der Waals surface area contributed by atoms with Gasteiger partial charge in [0.1, 0.15) is 22.5 Å². The van der Waals surface area contributed by atoms with Gasteiger partial charge in [-0.25, -0.2) is 18.0 Å². The molecule has 0 bridgehead atoms. The van der Waals surface area contributed by atoms with Crippen molar-refractivity contribution in [1.29, 1.82) is 0 Å². The van der Waals surface area contributed by atoms with Crippen molar-refractivity contribution in [3.8, 4) is 11.1 Å². The van der Waals surface area contributed by atoms with Crippen molar-refractivity contribution < 1.29 is 17.8 Å². The maximum atomic E-state index is 15.1. The van der Waals surface area contributed by atoms with Gasteiger partial charge >= 0.3 is 0 Å². The molecule has 1 unspecified atom stereocenters. The van der Waals surface area contributed by atoms with E-state index in [0.29, 0.717) is 39.4 Å². The van der Waals surface area contributed by atoms with Crippen molar-refractivity contribution in [2.45, 2.75) is 13.3 Å². The molecule has 164 valence electrons. The number of nitrogens with zero attached hydrogens (tertiary/aromatic N) is 1. The third-order valence-electron chi connectivity index (χ3n) is 4.89. The highest BCUT2D eigenvalue weighted by Gasteiger charge is 2.25. The van der Waals surface area contributed by atoms with Crippen molar-refractivity contribution in [3.63, 3.8) is 0 Å². The van der Waals surface area contributed by atoms with Crippen molar-refractivity contribution in [1.82, 2.24) is 9.97 Å². The van der Waals surface area contributed by atoms with E-state index in [4.69, 9.17) is 11.6 Å². The van der Waals surface area contributed by atoms with E-state index >= 15 is 4.39 Å². The average Bonchev–Trinajstić information content (AvgIpc) is 3.19. The summed E-state index contributed by atoms with van der Waals surface area (Å²) in [6, 6.07) is 11.0. The van der Waals surface area contributed by atoms with E-state index in [1.807, 2.05) is 19.1 Å². The van der Waals surface area contributed by atoms with Crippen LogP contribution < -0.4 is 4.72 Å². The highest BCUT2D eigenvalue weighted by molar-refractivity contribution is 7.86. The fourth-order valence-electron chi connectivity index (χ4n) is 3.37. The number of fused-ring (bicyclic) bond motifs is 1. The van der Waals surface area contributed by atoms with Gasteiger partial charge in [-0.15, -0.1) is 0 Å². The number of carbonyl (C=O) groups excluding carboxylic acids is 1. The molecular weight excluding hydrogens is 456 g/mol. The number of nitrogens with one attached hydrogen (secondary N) is 2. The molecule has 2 heterocycles. The molecule has 4 rings (SSSR count). The molecule has 0 aliphatic rings. The number of hydrogen-bond donors (Lipinski definition) is 2. The number of hydrogen-bond acceptors (Lipinski definition) is 3. The molecule has 0 radical (unpaired) electrons. The van der Waals surface area contributed by atoms with Gasteiger partial charge in [0.15, 0.2) is 5.82 Å². The lowest BCUT2D eigenvalue weighted by Gasteiger charge is -2.10. The molecule has 2 N–H and O–H groups in total. The lowest BCUT2D eigenvalue weighted by Crippen LogP contribution is -2.13. The number of H-pyrrole nitrogens is 1. The summed E-state index contributed by atoms with van der Waals surface area (Å²) in [5.74, 6) is -2.67. The number of anilines is 1.